The van der Waals surface area contributed by atoms with Gasteiger partial charge in [0.05, 0.1) is 11.4 Å². The quantitative estimate of drug-likeness (QED) is 0.908. The van der Waals surface area contributed by atoms with Crippen LogP contribution < -0.4 is 0 Å². The smallest absolute Gasteiger partial charge is 0.186 e. The summed E-state index contributed by atoms with van der Waals surface area (Å²) in [5.41, 5.74) is 0. The van der Waals surface area contributed by atoms with Crippen molar-refractivity contribution in [3.8, 4) is 0 Å². The SMILES string of the molecule is CC1CC(C)C(S(=O)(=O)c2ccccc2F)C(O)C1. The van der Waals surface area contributed by atoms with Gasteiger partial charge < -0.3 is 5.11 Å². The summed E-state index contributed by atoms with van der Waals surface area (Å²) < 4.78 is 38.8. The van der Waals surface area contributed by atoms with Gasteiger partial charge in [0, 0.05) is 0 Å². The minimum absolute atomic E-state index is 0.177. The molecule has 3 nitrogen and oxygen atoms in total. The Hall–Kier alpha value is -0.940. The van der Waals surface area contributed by atoms with E-state index in [-0.39, 0.29) is 16.7 Å². The molecule has 4 atom stereocenters. The third kappa shape index (κ3) is 2.67. The first kappa shape index (κ1) is 14.5. The van der Waals surface area contributed by atoms with Gasteiger partial charge in [-0.3, -0.25) is 0 Å². The van der Waals surface area contributed by atoms with Gasteiger partial charge in [-0.25, -0.2) is 12.8 Å². The van der Waals surface area contributed by atoms with Crippen LogP contribution >= 0.6 is 0 Å². The van der Waals surface area contributed by atoms with Gasteiger partial charge in [0.25, 0.3) is 0 Å². The molecule has 1 fully saturated rings. The molecule has 106 valence electrons. The molecular formula is C14H19FO3S. The Morgan fingerprint density at radius 1 is 1.21 bits per heavy atom. The normalized spacial score (nSPS) is 32.2. The highest BCUT2D eigenvalue weighted by Gasteiger charge is 2.43. The number of aliphatic hydroxyl groups is 1. The molecule has 1 aromatic rings. The van der Waals surface area contributed by atoms with Crippen molar-refractivity contribution in [2.45, 2.75) is 42.9 Å². The summed E-state index contributed by atoms with van der Waals surface area (Å²) in [6, 6.07) is 5.35. The zero-order valence-electron chi connectivity index (χ0n) is 11.1. The molecule has 0 aromatic heterocycles. The fourth-order valence-electron chi connectivity index (χ4n) is 3.13. The molecule has 1 aromatic carbocycles. The van der Waals surface area contributed by atoms with Gasteiger partial charge in [0.15, 0.2) is 9.84 Å². The van der Waals surface area contributed by atoms with Crippen molar-refractivity contribution >= 4 is 9.84 Å². The predicted molar refractivity (Wildman–Crippen MR) is 70.9 cm³/mol. The van der Waals surface area contributed by atoms with E-state index in [1.807, 2.05) is 13.8 Å². The number of halogens is 1. The van der Waals surface area contributed by atoms with Crippen molar-refractivity contribution in [3.05, 3.63) is 30.1 Å². The zero-order valence-corrected chi connectivity index (χ0v) is 11.9. The Kier molecular flexibility index (Phi) is 3.97. The monoisotopic (exact) mass is 286 g/mol. The van der Waals surface area contributed by atoms with Gasteiger partial charge in [0.2, 0.25) is 0 Å². The highest BCUT2D eigenvalue weighted by Crippen LogP contribution is 2.36. The molecule has 0 aliphatic heterocycles. The number of rotatable bonds is 2. The average molecular weight is 286 g/mol. The minimum atomic E-state index is -3.84. The Morgan fingerprint density at radius 3 is 2.42 bits per heavy atom. The molecule has 4 unspecified atom stereocenters. The lowest BCUT2D eigenvalue weighted by atomic mass is 9.81. The summed E-state index contributed by atoms with van der Waals surface area (Å²) in [6.45, 7) is 3.80. The summed E-state index contributed by atoms with van der Waals surface area (Å²) in [5.74, 6) is -0.638. The molecule has 0 spiro atoms. The van der Waals surface area contributed by atoms with Crippen LogP contribution in [0, 0.1) is 17.7 Å². The molecular weight excluding hydrogens is 267 g/mol. The van der Waals surface area contributed by atoms with Crippen molar-refractivity contribution in [1.29, 1.82) is 0 Å². The third-order valence-electron chi connectivity index (χ3n) is 3.86. The highest BCUT2D eigenvalue weighted by molar-refractivity contribution is 7.92. The zero-order chi connectivity index (χ0) is 14.2. The standard InChI is InChI=1S/C14H19FO3S/c1-9-7-10(2)14(12(16)8-9)19(17,18)13-6-4-3-5-11(13)15/h3-6,9-10,12,14,16H,7-8H2,1-2H3. The highest BCUT2D eigenvalue weighted by atomic mass is 32.2. The van der Waals surface area contributed by atoms with E-state index in [0.717, 1.165) is 12.5 Å². The number of benzene rings is 1. The van der Waals surface area contributed by atoms with Crippen LogP contribution in [0.1, 0.15) is 26.7 Å². The summed E-state index contributed by atoms with van der Waals surface area (Å²) in [5, 5.41) is 9.18. The van der Waals surface area contributed by atoms with Gasteiger partial charge in [-0.1, -0.05) is 26.0 Å². The van der Waals surface area contributed by atoms with Crippen molar-refractivity contribution in [3.63, 3.8) is 0 Å². The van der Waals surface area contributed by atoms with E-state index in [2.05, 4.69) is 0 Å². The largest absolute Gasteiger partial charge is 0.392 e. The maximum atomic E-state index is 13.7. The molecule has 0 bridgehead atoms. The van der Waals surface area contributed by atoms with Crippen LogP contribution in [0.2, 0.25) is 0 Å². The summed E-state index contributed by atoms with van der Waals surface area (Å²) in [7, 11) is -3.84. The van der Waals surface area contributed by atoms with Crippen LogP contribution in [0.4, 0.5) is 4.39 Å². The van der Waals surface area contributed by atoms with Crippen molar-refractivity contribution in [2.75, 3.05) is 0 Å². The van der Waals surface area contributed by atoms with E-state index in [1.54, 1.807) is 0 Å². The van der Waals surface area contributed by atoms with E-state index in [1.165, 1.54) is 18.2 Å². The van der Waals surface area contributed by atoms with Crippen LogP contribution in [0.3, 0.4) is 0 Å². The van der Waals surface area contributed by atoms with E-state index < -0.39 is 27.0 Å². The molecule has 0 amide bonds. The van der Waals surface area contributed by atoms with Crippen molar-refractivity contribution in [2.24, 2.45) is 11.8 Å². The fourth-order valence-corrected chi connectivity index (χ4v) is 5.27. The first-order valence-corrected chi connectivity index (χ1v) is 8.05. The molecule has 1 N–H and O–H groups in total. The molecule has 0 heterocycles. The molecule has 0 saturated heterocycles. The second kappa shape index (κ2) is 5.21. The van der Waals surface area contributed by atoms with Gasteiger partial charge in [0.1, 0.15) is 10.7 Å². The molecule has 19 heavy (non-hydrogen) atoms. The van der Waals surface area contributed by atoms with Gasteiger partial charge in [-0.05, 0) is 36.8 Å². The first-order chi connectivity index (χ1) is 8.84. The van der Waals surface area contributed by atoms with E-state index in [0.29, 0.717) is 6.42 Å². The van der Waals surface area contributed by atoms with E-state index >= 15 is 0 Å². The third-order valence-corrected chi connectivity index (χ3v) is 6.30. The van der Waals surface area contributed by atoms with Gasteiger partial charge in [-0.2, -0.15) is 0 Å². The van der Waals surface area contributed by atoms with E-state index in [4.69, 9.17) is 0 Å². The van der Waals surface area contributed by atoms with Crippen LogP contribution in [0.15, 0.2) is 29.2 Å². The summed E-state index contributed by atoms with van der Waals surface area (Å²) >= 11 is 0. The van der Waals surface area contributed by atoms with E-state index in [9.17, 15) is 17.9 Å². The van der Waals surface area contributed by atoms with Crippen molar-refractivity contribution < 1.29 is 17.9 Å². The Bertz CT molecular complexity index is 544. The van der Waals surface area contributed by atoms with Crippen molar-refractivity contribution in [1.82, 2.24) is 0 Å². The number of hydrogen-bond donors (Lipinski definition) is 1. The number of hydrogen-bond acceptors (Lipinski definition) is 3. The molecule has 0 radical (unpaired) electrons. The van der Waals surface area contributed by atoms with Gasteiger partial charge in [-0.15, -0.1) is 0 Å². The lowest BCUT2D eigenvalue weighted by Crippen LogP contribution is -2.44. The molecule has 5 heteroatoms. The summed E-state index contributed by atoms with van der Waals surface area (Å²) in [4.78, 5) is -0.305. The average Bonchev–Trinajstić information content (AvgIpc) is 2.27. The maximum absolute atomic E-state index is 13.7. The molecule has 1 aliphatic rings. The Labute approximate surface area is 113 Å². The van der Waals surface area contributed by atoms with Crippen LogP contribution in [-0.2, 0) is 9.84 Å². The number of sulfone groups is 1. The first-order valence-electron chi connectivity index (χ1n) is 6.50. The maximum Gasteiger partial charge on any atom is 0.186 e. The fraction of sp³-hybridized carbons (Fsp3) is 0.571. The topological polar surface area (TPSA) is 54.4 Å². The van der Waals surface area contributed by atoms with Crippen LogP contribution in [-0.4, -0.2) is 24.9 Å². The second-order valence-electron chi connectivity index (χ2n) is 5.56. The lowest BCUT2D eigenvalue weighted by molar-refractivity contribution is 0.0842. The molecule has 1 aliphatic carbocycles. The summed E-state index contributed by atoms with van der Waals surface area (Å²) in [6.07, 6.45) is 0.251. The second-order valence-corrected chi connectivity index (χ2v) is 7.64. The Morgan fingerprint density at radius 2 is 1.84 bits per heavy atom. The van der Waals surface area contributed by atoms with Gasteiger partial charge >= 0.3 is 0 Å². The van der Waals surface area contributed by atoms with Crippen LogP contribution in [0.25, 0.3) is 0 Å². The molecule has 2 rings (SSSR count). The predicted octanol–water partition coefficient (Wildman–Crippen LogP) is 2.39. The van der Waals surface area contributed by atoms with Crippen LogP contribution in [0.5, 0.6) is 0 Å². The lowest BCUT2D eigenvalue weighted by Gasteiger charge is -2.36. The Balaban J connectivity index is 2.42. The minimum Gasteiger partial charge on any atom is -0.392 e. The molecule has 1 saturated carbocycles. The number of aliphatic hydroxyl groups excluding tert-OH is 1.